The fourth-order valence-electron chi connectivity index (χ4n) is 3.47. The van der Waals surface area contributed by atoms with Gasteiger partial charge in [-0.3, -0.25) is 4.79 Å². The summed E-state index contributed by atoms with van der Waals surface area (Å²) < 4.78 is 0. The number of carbonyl (C=O) groups excluding carboxylic acids is 1. The van der Waals surface area contributed by atoms with Crippen molar-refractivity contribution in [2.24, 2.45) is 5.92 Å². The number of nitrogens with zero attached hydrogens (tertiary/aromatic N) is 1. The van der Waals surface area contributed by atoms with E-state index in [4.69, 9.17) is 0 Å². The lowest BCUT2D eigenvalue weighted by Gasteiger charge is -2.36. The van der Waals surface area contributed by atoms with Crippen LogP contribution >= 0.6 is 0 Å². The zero-order valence-corrected chi connectivity index (χ0v) is 12.3. The molecule has 2 aliphatic heterocycles. The first-order valence-electron chi connectivity index (χ1n) is 7.89. The fourth-order valence-corrected chi connectivity index (χ4v) is 3.47. The van der Waals surface area contributed by atoms with Crippen molar-refractivity contribution in [2.75, 3.05) is 19.6 Å². The number of fused-ring (bicyclic) bond motifs is 1. The standard InChI is InChI=1S/C17H24N2O/c1-2-13-8-11-19(12-9-13)17(20)16-15-6-4-3-5-14(15)7-10-18-16/h3-6,13,16,18H,2,7-12H2,1H3. The van der Waals surface area contributed by atoms with Gasteiger partial charge in [-0.2, -0.15) is 0 Å². The fraction of sp³-hybridized carbons (Fsp3) is 0.588. The highest BCUT2D eigenvalue weighted by molar-refractivity contribution is 5.84. The quantitative estimate of drug-likeness (QED) is 0.897. The Kier molecular flexibility index (Phi) is 4.06. The zero-order chi connectivity index (χ0) is 13.9. The van der Waals surface area contributed by atoms with Crippen molar-refractivity contribution in [3.05, 3.63) is 35.4 Å². The maximum atomic E-state index is 12.8. The van der Waals surface area contributed by atoms with Crippen molar-refractivity contribution in [2.45, 2.75) is 38.6 Å². The average molecular weight is 272 g/mol. The van der Waals surface area contributed by atoms with Gasteiger partial charge in [0.2, 0.25) is 5.91 Å². The van der Waals surface area contributed by atoms with Crippen molar-refractivity contribution >= 4 is 5.91 Å². The summed E-state index contributed by atoms with van der Waals surface area (Å²) >= 11 is 0. The Bertz CT molecular complexity index is 478. The van der Waals surface area contributed by atoms with Crippen LogP contribution in [0.15, 0.2) is 24.3 Å². The Morgan fingerprint density at radius 2 is 2.05 bits per heavy atom. The third-order valence-corrected chi connectivity index (χ3v) is 4.86. The number of amides is 1. The van der Waals surface area contributed by atoms with Crippen molar-refractivity contribution in [3.8, 4) is 0 Å². The van der Waals surface area contributed by atoms with Crippen LogP contribution < -0.4 is 5.32 Å². The first kappa shape index (κ1) is 13.6. The summed E-state index contributed by atoms with van der Waals surface area (Å²) in [6.45, 7) is 5.01. The van der Waals surface area contributed by atoms with Crippen LogP contribution in [0.2, 0.25) is 0 Å². The smallest absolute Gasteiger partial charge is 0.244 e. The van der Waals surface area contributed by atoms with Crippen molar-refractivity contribution in [3.63, 3.8) is 0 Å². The molecule has 1 amide bonds. The number of piperidine rings is 1. The molecular weight excluding hydrogens is 248 g/mol. The van der Waals surface area contributed by atoms with Crippen LogP contribution in [0, 0.1) is 5.92 Å². The molecule has 3 rings (SSSR count). The lowest BCUT2D eigenvalue weighted by molar-refractivity contribution is -0.135. The molecule has 1 saturated heterocycles. The van der Waals surface area contributed by atoms with E-state index in [2.05, 4.69) is 35.3 Å². The normalized spacial score (nSPS) is 23.4. The monoisotopic (exact) mass is 272 g/mol. The lowest BCUT2D eigenvalue weighted by atomic mass is 9.91. The van der Waals surface area contributed by atoms with E-state index in [0.717, 1.165) is 44.8 Å². The molecule has 0 saturated carbocycles. The molecule has 1 atom stereocenters. The second kappa shape index (κ2) is 5.96. The Balaban J connectivity index is 1.72. The molecule has 0 aromatic heterocycles. The second-order valence-corrected chi connectivity index (χ2v) is 6.01. The van der Waals surface area contributed by atoms with Gasteiger partial charge in [0, 0.05) is 19.6 Å². The van der Waals surface area contributed by atoms with Gasteiger partial charge in [-0.05, 0) is 36.3 Å². The molecule has 3 nitrogen and oxygen atoms in total. The Morgan fingerprint density at radius 3 is 2.80 bits per heavy atom. The van der Waals surface area contributed by atoms with E-state index in [1.165, 1.54) is 17.5 Å². The number of hydrogen-bond acceptors (Lipinski definition) is 2. The first-order valence-corrected chi connectivity index (χ1v) is 7.89. The van der Waals surface area contributed by atoms with Gasteiger partial charge in [0.1, 0.15) is 6.04 Å². The number of likely N-dealkylation sites (tertiary alicyclic amines) is 1. The van der Waals surface area contributed by atoms with Gasteiger partial charge in [-0.1, -0.05) is 37.6 Å². The third kappa shape index (κ3) is 2.59. The van der Waals surface area contributed by atoms with Gasteiger partial charge < -0.3 is 10.2 Å². The maximum absolute atomic E-state index is 12.8. The molecule has 2 aliphatic rings. The summed E-state index contributed by atoms with van der Waals surface area (Å²) in [5, 5.41) is 3.41. The number of hydrogen-bond donors (Lipinski definition) is 1. The van der Waals surface area contributed by atoms with Gasteiger partial charge in [0.05, 0.1) is 0 Å². The van der Waals surface area contributed by atoms with Crippen LogP contribution in [-0.4, -0.2) is 30.4 Å². The van der Waals surface area contributed by atoms with Crippen molar-refractivity contribution in [1.82, 2.24) is 10.2 Å². The summed E-state index contributed by atoms with van der Waals surface area (Å²) in [7, 11) is 0. The van der Waals surface area contributed by atoms with Crippen LogP contribution in [0.1, 0.15) is 43.4 Å². The van der Waals surface area contributed by atoms with E-state index in [1.54, 1.807) is 0 Å². The molecule has 20 heavy (non-hydrogen) atoms. The summed E-state index contributed by atoms with van der Waals surface area (Å²) in [6, 6.07) is 8.23. The molecule has 2 heterocycles. The predicted molar refractivity (Wildman–Crippen MR) is 80.5 cm³/mol. The minimum Gasteiger partial charge on any atom is -0.341 e. The van der Waals surface area contributed by atoms with Gasteiger partial charge in [0.15, 0.2) is 0 Å². The van der Waals surface area contributed by atoms with Gasteiger partial charge in [-0.25, -0.2) is 0 Å². The van der Waals surface area contributed by atoms with Gasteiger partial charge >= 0.3 is 0 Å². The number of benzene rings is 1. The third-order valence-electron chi connectivity index (χ3n) is 4.86. The summed E-state index contributed by atoms with van der Waals surface area (Å²) in [5.41, 5.74) is 2.51. The summed E-state index contributed by atoms with van der Waals surface area (Å²) in [6.07, 6.45) is 4.59. The van der Waals surface area contributed by atoms with E-state index >= 15 is 0 Å². The average Bonchev–Trinajstić information content (AvgIpc) is 2.54. The van der Waals surface area contributed by atoms with Crippen LogP contribution in [0.4, 0.5) is 0 Å². The van der Waals surface area contributed by atoms with E-state index < -0.39 is 0 Å². The van der Waals surface area contributed by atoms with Crippen molar-refractivity contribution < 1.29 is 4.79 Å². The zero-order valence-electron chi connectivity index (χ0n) is 12.3. The summed E-state index contributed by atoms with van der Waals surface area (Å²) in [5.74, 6) is 1.08. The minimum absolute atomic E-state index is 0.127. The summed E-state index contributed by atoms with van der Waals surface area (Å²) in [4.78, 5) is 14.8. The number of nitrogens with one attached hydrogen (secondary N) is 1. The minimum atomic E-state index is -0.127. The SMILES string of the molecule is CCC1CCN(C(=O)C2NCCc3ccccc32)CC1. The highest BCUT2D eigenvalue weighted by Crippen LogP contribution is 2.27. The number of carbonyl (C=O) groups is 1. The predicted octanol–water partition coefficient (Wildman–Crippen LogP) is 2.52. The van der Waals surface area contributed by atoms with Crippen LogP contribution in [0.25, 0.3) is 0 Å². The van der Waals surface area contributed by atoms with Crippen LogP contribution in [0.5, 0.6) is 0 Å². The first-order chi connectivity index (χ1) is 9.79. The Labute approximate surface area is 121 Å². The molecule has 1 aromatic rings. The van der Waals surface area contributed by atoms with Crippen LogP contribution in [-0.2, 0) is 11.2 Å². The topological polar surface area (TPSA) is 32.3 Å². The van der Waals surface area contributed by atoms with E-state index in [9.17, 15) is 4.79 Å². The molecular formula is C17H24N2O. The largest absolute Gasteiger partial charge is 0.341 e. The Hall–Kier alpha value is -1.35. The molecule has 1 N–H and O–H groups in total. The van der Waals surface area contributed by atoms with E-state index in [1.807, 2.05) is 6.07 Å². The highest BCUT2D eigenvalue weighted by Gasteiger charge is 2.31. The molecule has 3 heteroatoms. The maximum Gasteiger partial charge on any atom is 0.244 e. The molecule has 0 radical (unpaired) electrons. The van der Waals surface area contributed by atoms with Crippen molar-refractivity contribution in [1.29, 1.82) is 0 Å². The van der Waals surface area contributed by atoms with Gasteiger partial charge in [0.25, 0.3) is 0 Å². The Morgan fingerprint density at radius 1 is 1.30 bits per heavy atom. The highest BCUT2D eigenvalue weighted by atomic mass is 16.2. The number of rotatable bonds is 2. The molecule has 1 unspecified atom stereocenters. The lowest BCUT2D eigenvalue weighted by Crippen LogP contribution is -2.46. The van der Waals surface area contributed by atoms with Crippen LogP contribution in [0.3, 0.4) is 0 Å². The second-order valence-electron chi connectivity index (χ2n) is 6.01. The molecule has 0 aliphatic carbocycles. The van der Waals surface area contributed by atoms with Gasteiger partial charge in [-0.15, -0.1) is 0 Å². The molecule has 0 bridgehead atoms. The molecule has 1 fully saturated rings. The molecule has 108 valence electrons. The van der Waals surface area contributed by atoms with E-state index in [0.29, 0.717) is 0 Å². The molecule has 1 aromatic carbocycles. The molecule has 0 spiro atoms. The van der Waals surface area contributed by atoms with E-state index in [-0.39, 0.29) is 11.9 Å².